The molecular formula is C20H19F2NO4. The van der Waals surface area contributed by atoms with Crippen LogP contribution in [0.15, 0.2) is 42.5 Å². The van der Waals surface area contributed by atoms with Crippen LogP contribution in [-0.4, -0.2) is 24.6 Å². The van der Waals surface area contributed by atoms with Crippen molar-refractivity contribution in [1.29, 1.82) is 0 Å². The van der Waals surface area contributed by atoms with Crippen molar-refractivity contribution < 1.29 is 27.8 Å². The van der Waals surface area contributed by atoms with E-state index in [1.54, 1.807) is 18.2 Å². The molecule has 3 rings (SSSR count). The van der Waals surface area contributed by atoms with Crippen LogP contribution in [0, 0.1) is 0 Å². The lowest BCUT2D eigenvalue weighted by atomic mass is 10.1. The van der Waals surface area contributed by atoms with Crippen LogP contribution in [0.3, 0.4) is 0 Å². The van der Waals surface area contributed by atoms with Crippen LogP contribution in [0.25, 0.3) is 0 Å². The number of ether oxygens (including phenoxy) is 2. The minimum atomic E-state index is -3.02. The zero-order valence-electron chi connectivity index (χ0n) is 14.7. The lowest BCUT2D eigenvalue weighted by Crippen LogP contribution is -2.30. The number of carbonyl (C=O) groups is 2. The second kappa shape index (κ2) is 8.16. The third-order valence-corrected chi connectivity index (χ3v) is 4.35. The lowest BCUT2D eigenvalue weighted by Gasteiger charge is -2.16. The van der Waals surface area contributed by atoms with E-state index < -0.39 is 24.6 Å². The average Bonchev–Trinajstić information content (AvgIpc) is 3.10. The normalized spacial score (nSPS) is 13.8. The van der Waals surface area contributed by atoms with Gasteiger partial charge in [0.05, 0.1) is 11.3 Å². The Labute approximate surface area is 155 Å². The van der Waals surface area contributed by atoms with Gasteiger partial charge in [-0.25, -0.2) is 4.79 Å². The summed E-state index contributed by atoms with van der Waals surface area (Å²) in [7, 11) is 0. The van der Waals surface area contributed by atoms with Gasteiger partial charge in [-0.15, -0.1) is 0 Å². The molecule has 2 aromatic carbocycles. The molecule has 0 aliphatic heterocycles. The first-order valence-electron chi connectivity index (χ1n) is 8.61. The van der Waals surface area contributed by atoms with Gasteiger partial charge in [0.15, 0.2) is 6.10 Å². The zero-order valence-corrected chi connectivity index (χ0v) is 14.7. The van der Waals surface area contributed by atoms with Crippen molar-refractivity contribution in [3.05, 3.63) is 59.2 Å². The molecule has 1 aliphatic rings. The number of hydrogen-bond donors (Lipinski definition) is 1. The first kappa shape index (κ1) is 18.8. The number of rotatable bonds is 6. The van der Waals surface area contributed by atoms with Crippen LogP contribution in [0.2, 0.25) is 0 Å². The molecule has 0 saturated heterocycles. The van der Waals surface area contributed by atoms with E-state index in [9.17, 15) is 18.4 Å². The minimum absolute atomic E-state index is 0.0724. The molecule has 1 amide bonds. The van der Waals surface area contributed by atoms with Crippen LogP contribution in [0.1, 0.15) is 34.8 Å². The molecule has 0 aromatic heterocycles. The predicted molar refractivity (Wildman–Crippen MR) is 95.0 cm³/mol. The Morgan fingerprint density at radius 2 is 1.81 bits per heavy atom. The van der Waals surface area contributed by atoms with Gasteiger partial charge >= 0.3 is 12.6 Å². The second-order valence-electron chi connectivity index (χ2n) is 6.25. The first-order chi connectivity index (χ1) is 12.9. The topological polar surface area (TPSA) is 64.6 Å². The largest absolute Gasteiger partial charge is 0.449 e. The molecule has 7 heteroatoms. The molecule has 0 saturated carbocycles. The Bertz CT molecular complexity index is 854. The van der Waals surface area contributed by atoms with Crippen LogP contribution in [0.5, 0.6) is 5.75 Å². The van der Waals surface area contributed by atoms with Crippen molar-refractivity contribution in [1.82, 2.24) is 0 Å². The van der Waals surface area contributed by atoms with E-state index in [0.29, 0.717) is 5.56 Å². The van der Waals surface area contributed by atoms with Crippen molar-refractivity contribution in [3.8, 4) is 5.75 Å². The standard InChI is InChI=1S/C20H19F2NO4/c1-12(18(24)23-16-7-2-3-8-17(16)27-20(21)22)26-19(25)15-10-9-13-5-4-6-14(13)11-15/h2-3,7-12,20H,4-6H2,1H3,(H,23,24). The Morgan fingerprint density at radius 3 is 2.59 bits per heavy atom. The van der Waals surface area contributed by atoms with Crippen molar-refractivity contribution in [3.63, 3.8) is 0 Å². The summed E-state index contributed by atoms with van der Waals surface area (Å²) >= 11 is 0. The van der Waals surface area contributed by atoms with Gasteiger partial charge in [0.2, 0.25) is 0 Å². The molecule has 5 nitrogen and oxygen atoms in total. The number of carbonyl (C=O) groups excluding carboxylic acids is 2. The molecule has 1 atom stereocenters. The van der Waals surface area contributed by atoms with E-state index >= 15 is 0 Å². The molecule has 0 bridgehead atoms. The summed E-state index contributed by atoms with van der Waals surface area (Å²) in [6.45, 7) is -1.60. The number of halogens is 2. The third-order valence-electron chi connectivity index (χ3n) is 4.35. The Balaban J connectivity index is 1.63. The molecular weight excluding hydrogens is 356 g/mol. The highest BCUT2D eigenvalue weighted by Crippen LogP contribution is 2.26. The van der Waals surface area contributed by atoms with E-state index in [4.69, 9.17) is 4.74 Å². The maximum Gasteiger partial charge on any atom is 0.387 e. The molecule has 1 N–H and O–H groups in total. The fourth-order valence-corrected chi connectivity index (χ4v) is 2.98. The van der Waals surface area contributed by atoms with Gasteiger partial charge in [0.1, 0.15) is 5.75 Å². The SMILES string of the molecule is CC(OC(=O)c1ccc2c(c1)CCC2)C(=O)Nc1ccccc1OC(F)F. The number of anilines is 1. The Kier molecular flexibility index (Phi) is 5.69. The van der Waals surface area contributed by atoms with Gasteiger partial charge in [-0.3, -0.25) is 4.79 Å². The van der Waals surface area contributed by atoms with Crippen LogP contribution in [-0.2, 0) is 22.4 Å². The summed E-state index contributed by atoms with van der Waals surface area (Å²) in [4.78, 5) is 24.6. The van der Waals surface area contributed by atoms with Crippen LogP contribution < -0.4 is 10.1 Å². The monoisotopic (exact) mass is 375 g/mol. The third kappa shape index (κ3) is 4.61. The fourth-order valence-electron chi connectivity index (χ4n) is 2.98. The van der Waals surface area contributed by atoms with E-state index in [2.05, 4.69) is 10.1 Å². The van der Waals surface area contributed by atoms with E-state index in [1.807, 2.05) is 6.07 Å². The van der Waals surface area contributed by atoms with E-state index in [1.165, 1.54) is 30.7 Å². The predicted octanol–water partition coefficient (Wildman–Crippen LogP) is 3.96. The summed E-state index contributed by atoms with van der Waals surface area (Å²) in [5.41, 5.74) is 2.81. The smallest absolute Gasteiger partial charge is 0.387 e. The van der Waals surface area contributed by atoms with E-state index in [0.717, 1.165) is 24.8 Å². The number of nitrogens with one attached hydrogen (secondary N) is 1. The van der Waals surface area contributed by atoms with Crippen LogP contribution >= 0.6 is 0 Å². The second-order valence-corrected chi connectivity index (χ2v) is 6.25. The quantitative estimate of drug-likeness (QED) is 0.777. The number of aryl methyl sites for hydroxylation is 2. The number of benzene rings is 2. The van der Waals surface area contributed by atoms with Gasteiger partial charge in [0.25, 0.3) is 5.91 Å². The average molecular weight is 375 g/mol. The van der Waals surface area contributed by atoms with Crippen molar-refractivity contribution in [2.45, 2.75) is 38.9 Å². The minimum Gasteiger partial charge on any atom is -0.449 e. The summed E-state index contributed by atoms with van der Waals surface area (Å²) < 4.78 is 34.5. The Hall–Kier alpha value is -2.96. The van der Waals surface area contributed by atoms with Gasteiger partial charge in [-0.2, -0.15) is 8.78 Å². The van der Waals surface area contributed by atoms with Crippen molar-refractivity contribution in [2.75, 3.05) is 5.32 Å². The molecule has 0 heterocycles. The molecule has 1 unspecified atom stereocenters. The highest BCUT2D eigenvalue weighted by Gasteiger charge is 2.22. The number of esters is 1. The van der Waals surface area contributed by atoms with Gasteiger partial charge in [-0.1, -0.05) is 18.2 Å². The summed E-state index contributed by atoms with van der Waals surface area (Å²) in [6, 6.07) is 11.2. The van der Waals surface area contributed by atoms with E-state index in [-0.39, 0.29) is 11.4 Å². The van der Waals surface area contributed by atoms with Crippen molar-refractivity contribution in [2.24, 2.45) is 0 Å². The maximum atomic E-state index is 12.4. The molecule has 0 radical (unpaired) electrons. The zero-order chi connectivity index (χ0) is 19.4. The van der Waals surface area contributed by atoms with Gasteiger partial charge in [-0.05, 0) is 61.6 Å². The highest BCUT2D eigenvalue weighted by atomic mass is 19.3. The summed E-state index contributed by atoms with van der Waals surface area (Å²) in [5, 5.41) is 2.44. The van der Waals surface area contributed by atoms with Crippen LogP contribution in [0.4, 0.5) is 14.5 Å². The van der Waals surface area contributed by atoms with Crippen molar-refractivity contribution >= 4 is 17.6 Å². The molecule has 27 heavy (non-hydrogen) atoms. The molecule has 142 valence electrons. The number of alkyl halides is 2. The molecule has 0 fully saturated rings. The molecule has 2 aromatic rings. The Morgan fingerprint density at radius 1 is 1.07 bits per heavy atom. The fraction of sp³-hybridized carbons (Fsp3) is 0.300. The number of para-hydroxylation sites is 2. The number of fused-ring (bicyclic) bond motifs is 1. The summed E-state index contributed by atoms with van der Waals surface area (Å²) in [6.07, 6.45) is 1.88. The lowest BCUT2D eigenvalue weighted by molar-refractivity contribution is -0.123. The number of amides is 1. The highest BCUT2D eigenvalue weighted by molar-refractivity contribution is 5.98. The maximum absolute atomic E-state index is 12.4. The first-order valence-corrected chi connectivity index (χ1v) is 8.61. The number of hydrogen-bond acceptors (Lipinski definition) is 4. The summed E-state index contributed by atoms with van der Waals surface area (Å²) in [5.74, 6) is -1.42. The van der Waals surface area contributed by atoms with Gasteiger partial charge in [0, 0.05) is 0 Å². The molecule has 1 aliphatic carbocycles. The molecule has 0 spiro atoms. The van der Waals surface area contributed by atoms with Gasteiger partial charge < -0.3 is 14.8 Å².